The molecule has 6 nitrogen and oxygen atoms in total. The zero-order valence-corrected chi connectivity index (χ0v) is 15.1. The van der Waals surface area contributed by atoms with Gasteiger partial charge in [0.25, 0.3) is 0 Å². The summed E-state index contributed by atoms with van der Waals surface area (Å²) in [5.74, 6) is 1.70. The third-order valence-electron chi connectivity index (χ3n) is 4.69. The molecule has 0 saturated carbocycles. The van der Waals surface area contributed by atoms with Crippen molar-refractivity contribution >= 4 is 5.65 Å². The van der Waals surface area contributed by atoms with E-state index in [1.807, 2.05) is 36.4 Å². The number of aromatic nitrogens is 4. The van der Waals surface area contributed by atoms with Crippen molar-refractivity contribution in [3.05, 3.63) is 65.4 Å². The lowest BCUT2D eigenvalue weighted by Crippen LogP contribution is -2.01. The molecule has 0 aliphatic rings. The number of pyridine rings is 1. The van der Waals surface area contributed by atoms with Crippen LogP contribution in [0.4, 0.5) is 0 Å². The zero-order chi connectivity index (χ0) is 18.1. The van der Waals surface area contributed by atoms with Gasteiger partial charge in [0.1, 0.15) is 17.8 Å². The highest BCUT2D eigenvalue weighted by molar-refractivity contribution is 5.80. The van der Waals surface area contributed by atoms with Crippen molar-refractivity contribution in [1.29, 1.82) is 0 Å². The van der Waals surface area contributed by atoms with Gasteiger partial charge in [0.05, 0.1) is 18.4 Å². The van der Waals surface area contributed by atoms with Crippen molar-refractivity contribution in [2.45, 2.75) is 26.7 Å². The average Bonchev–Trinajstić information content (AvgIpc) is 3.27. The van der Waals surface area contributed by atoms with Crippen molar-refractivity contribution in [3.8, 4) is 16.9 Å². The van der Waals surface area contributed by atoms with Crippen LogP contribution in [0.3, 0.4) is 0 Å². The molecule has 132 valence electrons. The molecule has 0 aliphatic carbocycles. The Hall–Kier alpha value is -3.15. The first-order chi connectivity index (χ1) is 12.7. The molecule has 0 amide bonds. The number of ether oxygens (including phenoxy) is 1. The molecule has 0 aliphatic heterocycles. The summed E-state index contributed by atoms with van der Waals surface area (Å²) < 4.78 is 12.8. The van der Waals surface area contributed by atoms with Crippen molar-refractivity contribution < 1.29 is 9.26 Å². The highest BCUT2D eigenvalue weighted by Gasteiger charge is 2.17. The SMILES string of the molecule is COc1ccccc1CCc1ccc(-c2c(C)noc2C)c2nncn12. The quantitative estimate of drug-likeness (QED) is 0.549. The smallest absolute Gasteiger partial charge is 0.168 e. The van der Waals surface area contributed by atoms with Gasteiger partial charge in [0.2, 0.25) is 0 Å². The number of aryl methyl sites for hydroxylation is 4. The van der Waals surface area contributed by atoms with Gasteiger partial charge in [0.15, 0.2) is 5.65 Å². The summed E-state index contributed by atoms with van der Waals surface area (Å²) in [7, 11) is 1.70. The van der Waals surface area contributed by atoms with Gasteiger partial charge in [-0.25, -0.2) is 0 Å². The lowest BCUT2D eigenvalue weighted by atomic mass is 10.0. The molecule has 3 heterocycles. The minimum absolute atomic E-state index is 0.786. The molecular formula is C20H20N4O2. The van der Waals surface area contributed by atoms with Crippen molar-refractivity contribution in [2.75, 3.05) is 7.11 Å². The van der Waals surface area contributed by atoms with Crippen molar-refractivity contribution in [3.63, 3.8) is 0 Å². The number of para-hydroxylation sites is 1. The second kappa shape index (κ2) is 6.63. The fourth-order valence-corrected chi connectivity index (χ4v) is 3.40. The molecule has 0 unspecified atom stereocenters. The lowest BCUT2D eigenvalue weighted by Gasteiger charge is -2.11. The third kappa shape index (κ3) is 2.73. The maximum absolute atomic E-state index is 5.45. The Balaban J connectivity index is 1.70. The summed E-state index contributed by atoms with van der Waals surface area (Å²) in [5.41, 5.74) is 5.97. The summed E-state index contributed by atoms with van der Waals surface area (Å²) in [6, 6.07) is 12.3. The first-order valence-corrected chi connectivity index (χ1v) is 8.56. The van der Waals surface area contributed by atoms with Crippen LogP contribution in [0.5, 0.6) is 5.75 Å². The topological polar surface area (TPSA) is 65.5 Å². The van der Waals surface area contributed by atoms with E-state index < -0.39 is 0 Å². The number of hydrogen-bond acceptors (Lipinski definition) is 5. The van der Waals surface area contributed by atoms with E-state index in [1.165, 1.54) is 5.56 Å². The minimum Gasteiger partial charge on any atom is -0.496 e. The Labute approximate surface area is 151 Å². The van der Waals surface area contributed by atoms with E-state index in [9.17, 15) is 0 Å². The molecular weight excluding hydrogens is 328 g/mol. The Morgan fingerprint density at radius 2 is 1.92 bits per heavy atom. The summed E-state index contributed by atoms with van der Waals surface area (Å²) in [6.45, 7) is 3.85. The largest absolute Gasteiger partial charge is 0.496 e. The van der Waals surface area contributed by atoms with Crippen LogP contribution in [0, 0.1) is 13.8 Å². The van der Waals surface area contributed by atoms with E-state index in [2.05, 4.69) is 33.6 Å². The molecule has 0 spiro atoms. The van der Waals surface area contributed by atoms with Crippen LogP contribution >= 0.6 is 0 Å². The molecule has 1 aromatic carbocycles. The van der Waals surface area contributed by atoms with Gasteiger partial charge in [0, 0.05) is 11.3 Å². The van der Waals surface area contributed by atoms with Crippen LogP contribution in [0.25, 0.3) is 16.8 Å². The van der Waals surface area contributed by atoms with E-state index in [0.29, 0.717) is 0 Å². The van der Waals surface area contributed by atoms with E-state index in [0.717, 1.165) is 52.5 Å². The molecule has 0 radical (unpaired) electrons. The van der Waals surface area contributed by atoms with Gasteiger partial charge in [-0.3, -0.25) is 4.40 Å². The highest BCUT2D eigenvalue weighted by Crippen LogP contribution is 2.30. The van der Waals surface area contributed by atoms with Crippen LogP contribution < -0.4 is 4.74 Å². The zero-order valence-electron chi connectivity index (χ0n) is 15.1. The normalized spacial score (nSPS) is 11.2. The van der Waals surface area contributed by atoms with Crippen molar-refractivity contribution in [2.24, 2.45) is 0 Å². The summed E-state index contributed by atoms with van der Waals surface area (Å²) in [5, 5.41) is 12.5. The molecule has 0 fully saturated rings. The minimum atomic E-state index is 0.786. The number of fused-ring (bicyclic) bond motifs is 1. The van der Waals surface area contributed by atoms with Gasteiger partial charge in [-0.2, -0.15) is 0 Å². The van der Waals surface area contributed by atoms with Crippen LogP contribution in [-0.4, -0.2) is 26.9 Å². The average molecular weight is 348 g/mol. The highest BCUT2D eigenvalue weighted by atomic mass is 16.5. The molecule has 4 rings (SSSR count). The predicted octanol–water partition coefficient (Wildman–Crippen LogP) is 3.79. The van der Waals surface area contributed by atoms with Gasteiger partial charge < -0.3 is 9.26 Å². The first-order valence-electron chi connectivity index (χ1n) is 8.56. The first kappa shape index (κ1) is 16.3. The van der Waals surface area contributed by atoms with Gasteiger partial charge in [-0.1, -0.05) is 23.4 Å². The monoisotopic (exact) mass is 348 g/mol. The van der Waals surface area contributed by atoms with Gasteiger partial charge in [-0.05, 0) is 50.5 Å². The Morgan fingerprint density at radius 3 is 2.69 bits per heavy atom. The van der Waals surface area contributed by atoms with Crippen LogP contribution in [0.1, 0.15) is 22.7 Å². The standard InChI is InChI=1S/C20H20N4O2/c1-13-19(14(2)26-23-13)17-11-10-16(24-12-21-22-20(17)24)9-8-15-6-4-5-7-18(15)25-3/h4-7,10-12H,8-9H2,1-3H3. The van der Waals surface area contributed by atoms with Crippen molar-refractivity contribution in [1.82, 2.24) is 19.8 Å². The summed E-state index contributed by atoms with van der Waals surface area (Å²) in [6.07, 6.45) is 3.49. The van der Waals surface area contributed by atoms with Gasteiger partial charge >= 0.3 is 0 Å². The molecule has 4 aromatic rings. The predicted molar refractivity (Wildman–Crippen MR) is 98.4 cm³/mol. The van der Waals surface area contributed by atoms with E-state index in [-0.39, 0.29) is 0 Å². The van der Waals surface area contributed by atoms with Crippen LogP contribution in [0.15, 0.2) is 47.2 Å². The molecule has 0 saturated heterocycles. The lowest BCUT2D eigenvalue weighted by molar-refractivity contribution is 0.393. The summed E-state index contributed by atoms with van der Waals surface area (Å²) in [4.78, 5) is 0. The molecule has 6 heteroatoms. The summed E-state index contributed by atoms with van der Waals surface area (Å²) >= 11 is 0. The van der Waals surface area contributed by atoms with Gasteiger partial charge in [-0.15, -0.1) is 10.2 Å². The number of benzene rings is 1. The van der Waals surface area contributed by atoms with E-state index >= 15 is 0 Å². The fraction of sp³-hybridized carbons (Fsp3) is 0.250. The Morgan fingerprint density at radius 1 is 1.08 bits per heavy atom. The number of nitrogens with zero attached hydrogens (tertiary/aromatic N) is 4. The number of methoxy groups -OCH3 is 1. The van der Waals surface area contributed by atoms with Crippen LogP contribution in [-0.2, 0) is 12.8 Å². The van der Waals surface area contributed by atoms with E-state index in [4.69, 9.17) is 9.26 Å². The maximum atomic E-state index is 5.45. The Kier molecular flexibility index (Phi) is 4.16. The number of hydrogen-bond donors (Lipinski definition) is 0. The Bertz CT molecular complexity index is 1050. The fourth-order valence-electron chi connectivity index (χ4n) is 3.40. The number of rotatable bonds is 5. The van der Waals surface area contributed by atoms with E-state index in [1.54, 1.807) is 13.4 Å². The third-order valence-corrected chi connectivity index (χ3v) is 4.69. The molecule has 0 bridgehead atoms. The maximum Gasteiger partial charge on any atom is 0.168 e. The molecule has 0 atom stereocenters. The van der Waals surface area contributed by atoms with Crippen LogP contribution in [0.2, 0.25) is 0 Å². The second-order valence-corrected chi connectivity index (χ2v) is 6.27. The second-order valence-electron chi connectivity index (χ2n) is 6.27. The molecule has 3 aromatic heterocycles. The molecule has 26 heavy (non-hydrogen) atoms. The molecule has 0 N–H and O–H groups in total.